The number of aliphatic hydroxyl groups excluding tert-OH is 1. The number of carbonyl (C=O) groups is 3. The molecule has 3 N–H and O–H groups in total. The molecule has 2 aromatic rings. The second-order valence-corrected chi connectivity index (χ2v) is 9.24. The van der Waals surface area contributed by atoms with Crippen LogP contribution in [0.5, 0.6) is 0 Å². The van der Waals surface area contributed by atoms with Crippen molar-refractivity contribution in [3.63, 3.8) is 0 Å². The summed E-state index contributed by atoms with van der Waals surface area (Å²) in [6.45, 7) is 5.69. The third kappa shape index (κ3) is 2.77. The van der Waals surface area contributed by atoms with Crippen molar-refractivity contribution in [2.45, 2.75) is 44.9 Å². The maximum absolute atomic E-state index is 13.7. The second-order valence-electron chi connectivity index (χ2n) is 9.24. The summed E-state index contributed by atoms with van der Waals surface area (Å²) in [4.78, 5) is 41.8. The predicted molar refractivity (Wildman–Crippen MR) is 119 cm³/mol. The average Bonchev–Trinajstić information content (AvgIpc) is 3.34. The third-order valence-electron chi connectivity index (χ3n) is 7.18. The number of rotatable bonds is 4. The first-order valence-electron chi connectivity index (χ1n) is 11.0. The van der Waals surface area contributed by atoms with Gasteiger partial charge in [0, 0.05) is 23.8 Å². The van der Waals surface area contributed by atoms with Gasteiger partial charge in [-0.1, -0.05) is 48.0 Å². The van der Waals surface area contributed by atoms with E-state index in [1.54, 1.807) is 6.92 Å². The first-order valence-corrected chi connectivity index (χ1v) is 11.0. The molecular weight excluding hydrogens is 406 g/mol. The molecule has 1 spiro atoms. The molecule has 3 aliphatic rings. The monoisotopic (exact) mass is 433 g/mol. The largest absolute Gasteiger partial charge is 0.392 e. The van der Waals surface area contributed by atoms with Crippen molar-refractivity contribution < 1.29 is 19.5 Å². The van der Waals surface area contributed by atoms with Crippen LogP contribution in [0.25, 0.3) is 0 Å². The summed E-state index contributed by atoms with van der Waals surface area (Å²) in [6, 6.07) is 12.9. The lowest BCUT2D eigenvalue weighted by Gasteiger charge is -2.30. The quantitative estimate of drug-likeness (QED) is 0.637. The zero-order valence-corrected chi connectivity index (χ0v) is 18.4. The fourth-order valence-electron chi connectivity index (χ4n) is 5.77. The molecule has 3 heterocycles. The number of hydrogen-bond donors (Lipinski definition) is 3. The Hall–Kier alpha value is -3.03. The maximum atomic E-state index is 13.7. The molecule has 7 nitrogen and oxygen atoms in total. The van der Waals surface area contributed by atoms with Crippen LogP contribution in [0.3, 0.4) is 0 Å². The number of nitrogens with zero attached hydrogens (tertiary/aromatic N) is 1. The van der Waals surface area contributed by atoms with Crippen molar-refractivity contribution in [3.8, 4) is 0 Å². The third-order valence-corrected chi connectivity index (χ3v) is 7.18. The van der Waals surface area contributed by atoms with Gasteiger partial charge in [-0.05, 0) is 38.3 Å². The second kappa shape index (κ2) is 7.25. The SMILES string of the molecule is Cc1cc(C)c2c(c1)C1(NC(C(C)O)[C@H]3C(=O)N(CCc4ccccc4)C(=O)[C@H]31)C(=O)N2. The van der Waals surface area contributed by atoms with Gasteiger partial charge < -0.3 is 10.4 Å². The smallest absolute Gasteiger partial charge is 0.250 e. The van der Waals surface area contributed by atoms with Crippen LogP contribution in [-0.4, -0.2) is 46.4 Å². The lowest BCUT2D eigenvalue weighted by atomic mass is 9.75. The first kappa shape index (κ1) is 20.8. The molecule has 0 aromatic heterocycles. The minimum Gasteiger partial charge on any atom is -0.392 e. The van der Waals surface area contributed by atoms with Gasteiger partial charge in [0.1, 0.15) is 5.54 Å². The topological polar surface area (TPSA) is 98.7 Å². The zero-order valence-electron chi connectivity index (χ0n) is 18.4. The Bertz CT molecular complexity index is 1130. The van der Waals surface area contributed by atoms with Crippen LogP contribution in [0.1, 0.15) is 29.2 Å². The van der Waals surface area contributed by atoms with E-state index in [1.807, 2.05) is 56.3 Å². The number of aryl methyl sites for hydroxylation is 2. The van der Waals surface area contributed by atoms with Crippen LogP contribution in [0.15, 0.2) is 42.5 Å². The van der Waals surface area contributed by atoms with Crippen LogP contribution in [0.2, 0.25) is 0 Å². The summed E-state index contributed by atoms with van der Waals surface area (Å²) < 4.78 is 0. The molecule has 3 amide bonds. The molecule has 2 saturated heterocycles. The van der Waals surface area contributed by atoms with Gasteiger partial charge in [-0.15, -0.1) is 0 Å². The molecule has 3 unspecified atom stereocenters. The molecule has 0 saturated carbocycles. The number of nitrogens with one attached hydrogen (secondary N) is 2. The number of imide groups is 1. The fraction of sp³-hybridized carbons (Fsp3) is 0.400. The van der Waals surface area contributed by atoms with Crippen LogP contribution >= 0.6 is 0 Å². The molecule has 0 bridgehead atoms. The molecule has 0 radical (unpaired) electrons. The van der Waals surface area contributed by atoms with E-state index in [-0.39, 0.29) is 24.3 Å². The summed E-state index contributed by atoms with van der Waals surface area (Å²) in [7, 11) is 0. The Kier molecular flexibility index (Phi) is 4.72. The molecule has 2 fully saturated rings. The number of carbonyl (C=O) groups excluding carboxylic acids is 3. The van der Waals surface area contributed by atoms with E-state index < -0.39 is 29.5 Å². The van der Waals surface area contributed by atoms with Crippen molar-refractivity contribution in [1.29, 1.82) is 0 Å². The normalized spacial score (nSPS) is 29.4. The van der Waals surface area contributed by atoms with Crippen LogP contribution in [-0.2, 0) is 26.3 Å². The van der Waals surface area contributed by atoms with E-state index in [9.17, 15) is 19.5 Å². The Morgan fingerprint density at radius 1 is 1.09 bits per heavy atom. The highest BCUT2D eigenvalue weighted by molar-refractivity contribution is 6.15. The fourth-order valence-corrected chi connectivity index (χ4v) is 5.77. The molecule has 7 heteroatoms. The predicted octanol–water partition coefficient (Wildman–Crippen LogP) is 1.65. The maximum Gasteiger partial charge on any atom is 0.250 e. The van der Waals surface area contributed by atoms with E-state index in [4.69, 9.17) is 0 Å². The molecule has 5 atom stereocenters. The number of anilines is 1. The Balaban J connectivity index is 1.58. The molecule has 5 rings (SSSR count). The number of hydrogen-bond acceptors (Lipinski definition) is 5. The van der Waals surface area contributed by atoms with Crippen LogP contribution in [0, 0.1) is 25.7 Å². The van der Waals surface area contributed by atoms with Crippen LogP contribution in [0.4, 0.5) is 5.69 Å². The van der Waals surface area contributed by atoms with Crippen molar-refractivity contribution in [3.05, 3.63) is 64.7 Å². The van der Waals surface area contributed by atoms with Gasteiger partial charge >= 0.3 is 0 Å². The van der Waals surface area contributed by atoms with Gasteiger partial charge in [-0.25, -0.2) is 0 Å². The van der Waals surface area contributed by atoms with E-state index in [2.05, 4.69) is 10.6 Å². The van der Waals surface area contributed by atoms with Gasteiger partial charge in [0.15, 0.2) is 0 Å². The van der Waals surface area contributed by atoms with Gasteiger partial charge in [-0.3, -0.25) is 24.6 Å². The Labute approximate surface area is 186 Å². The zero-order chi connectivity index (χ0) is 22.8. The minimum absolute atomic E-state index is 0.249. The highest BCUT2D eigenvalue weighted by atomic mass is 16.3. The molecule has 0 aliphatic carbocycles. The minimum atomic E-state index is -1.37. The Morgan fingerprint density at radius 2 is 1.81 bits per heavy atom. The summed E-state index contributed by atoms with van der Waals surface area (Å²) in [5.74, 6) is -2.71. The molecule has 2 aromatic carbocycles. The number of amides is 3. The van der Waals surface area contributed by atoms with Crippen molar-refractivity contribution in [2.24, 2.45) is 11.8 Å². The van der Waals surface area contributed by atoms with Crippen molar-refractivity contribution in [1.82, 2.24) is 10.2 Å². The number of likely N-dealkylation sites (tertiary alicyclic amines) is 1. The average molecular weight is 434 g/mol. The molecule has 32 heavy (non-hydrogen) atoms. The highest BCUT2D eigenvalue weighted by Gasteiger charge is 2.71. The summed E-state index contributed by atoms with van der Waals surface area (Å²) in [5, 5.41) is 16.7. The van der Waals surface area contributed by atoms with E-state index in [0.717, 1.165) is 16.7 Å². The lowest BCUT2D eigenvalue weighted by Crippen LogP contribution is -2.55. The van der Waals surface area contributed by atoms with Gasteiger partial charge in [0.05, 0.1) is 17.9 Å². The highest BCUT2D eigenvalue weighted by Crippen LogP contribution is 2.54. The van der Waals surface area contributed by atoms with Crippen molar-refractivity contribution in [2.75, 3.05) is 11.9 Å². The van der Waals surface area contributed by atoms with E-state index in [0.29, 0.717) is 17.7 Å². The van der Waals surface area contributed by atoms with Crippen molar-refractivity contribution >= 4 is 23.4 Å². The molecule has 3 aliphatic heterocycles. The van der Waals surface area contributed by atoms with Gasteiger partial charge in [0.25, 0.3) is 0 Å². The molecule has 166 valence electrons. The lowest BCUT2D eigenvalue weighted by molar-refractivity contribution is -0.143. The number of benzene rings is 2. The van der Waals surface area contributed by atoms with E-state index in [1.165, 1.54) is 4.90 Å². The number of fused-ring (bicyclic) bond motifs is 4. The Morgan fingerprint density at radius 3 is 2.50 bits per heavy atom. The standard InChI is InChI=1S/C25H27N3O4/c1-13-11-14(2)20-17(12-13)25(24(32)26-20)19-18(21(27-25)15(3)29)22(30)28(23(19)31)10-9-16-7-5-4-6-8-16/h4-8,11-12,15,18-19,21,27,29H,9-10H2,1-3H3,(H,26,32)/t15?,18-,19-,21?,25?/m0/s1. The van der Waals surface area contributed by atoms with Gasteiger partial charge in [0.2, 0.25) is 17.7 Å². The van der Waals surface area contributed by atoms with Gasteiger partial charge in [-0.2, -0.15) is 0 Å². The van der Waals surface area contributed by atoms with E-state index >= 15 is 0 Å². The summed E-state index contributed by atoms with van der Waals surface area (Å²) in [5.41, 5.74) is 2.90. The summed E-state index contributed by atoms with van der Waals surface area (Å²) in [6.07, 6.45) is -0.367. The molecular formula is C25H27N3O4. The number of aliphatic hydroxyl groups is 1. The summed E-state index contributed by atoms with van der Waals surface area (Å²) >= 11 is 0. The first-order chi connectivity index (χ1) is 15.3. The van der Waals surface area contributed by atoms with Crippen LogP contribution < -0.4 is 10.6 Å².